The number of aryl methyl sites for hydroxylation is 1. The SMILES string of the molecule is Cc1ccc(F)c(C(N)c2cc(F)ccc2C(F)(F)F)c1. The summed E-state index contributed by atoms with van der Waals surface area (Å²) < 4.78 is 65.9. The van der Waals surface area contributed by atoms with Gasteiger partial charge in [0.15, 0.2) is 0 Å². The zero-order valence-electron chi connectivity index (χ0n) is 11.0. The van der Waals surface area contributed by atoms with E-state index in [1.165, 1.54) is 12.1 Å². The summed E-state index contributed by atoms with van der Waals surface area (Å²) in [7, 11) is 0. The molecule has 0 saturated heterocycles. The van der Waals surface area contributed by atoms with Crippen molar-refractivity contribution in [3.63, 3.8) is 0 Å². The first-order valence-electron chi connectivity index (χ1n) is 6.08. The first-order chi connectivity index (χ1) is 9.70. The van der Waals surface area contributed by atoms with Crippen molar-refractivity contribution >= 4 is 0 Å². The Kier molecular flexibility index (Phi) is 4.00. The highest BCUT2D eigenvalue weighted by Gasteiger charge is 2.35. The largest absolute Gasteiger partial charge is 0.416 e. The van der Waals surface area contributed by atoms with Gasteiger partial charge in [-0.1, -0.05) is 17.7 Å². The quantitative estimate of drug-likeness (QED) is 0.820. The summed E-state index contributed by atoms with van der Waals surface area (Å²) in [6.45, 7) is 1.66. The van der Waals surface area contributed by atoms with Crippen LogP contribution in [0, 0.1) is 18.6 Å². The minimum absolute atomic E-state index is 0.105. The lowest BCUT2D eigenvalue weighted by Crippen LogP contribution is -2.20. The van der Waals surface area contributed by atoms with Gasteiger partial charge in [0.1, 0.15) is 11.6 Å². The van der Waals surface area contributed by atoms with Gasteiger partial charge in [0, 0.05) is 5.56 Å². The lowest BCUT2D eigenvalue weighted by atomic mass is 9.93. The highest BCUT2D eigenvalue weighted by Crippen LogP contribution is 2.36. The molecule has 0 fully saturated rings. The highest BCUT2D eigenvalue weighted by molar-refractivity contribution is 5.40. The Morgan fingerprint density at radius 3 is 2.24 bits per heavy atom. The third kappa shape index (κ3) is 3.21. The van der Waals surface area contributed by atoms with Crippen LogP contribution < -0.4 is 5.73 Å². The van der Waals surface area contributed by atoms with E-state index < -0.39 is 35.0 Å². The van der Waals surface area contributed by atoms with E-state index in [1.807, 2.05) is 0 Å². The molecule has 0 spiro atoms. The Labute approximate surface area is 118 Å². The number of nitrogens with two attached hydrogens (primary N) is 1. The molecule has 2 aromatic carbocycles. The van der Waals surface area contributed by atoms with Crippen LogP contribution >= 0.6 is 0 Å². The van der Waals surface area contributed by atoms with Crippen molar-refractivity contribution in [1.29, 1.82) is 0 Å². The fourth-order valence-corrected chi connectivity index (χ4v) is 2.12. The molecule has 0 radical (unpaired) electrons. The van der Waals surface area contributed by atoms with Gasteiger partial charge in [-0.3, -0.25) is 0 Å². The van der Waals surface area contributed by atoms with E-state index in [4.69, 9.17) is 5.73 Å². The second-order valence-corrected chi connectivity index (χ2v) is 4.73. The zero-order valence-corrected chi connectivity index (χ0v) is 11.0. The van der Waals surface area contributed by atoms with Crippen LogP contribution in [0.5, 0.6) is 0 Å². The summed E-state index contributed by atoms with van der Waals surface area (Å²) in [6, 6.07) is 4.54. The molecule has 2 rings (SSSR count). The minimum Gasteiger partial charge on any atom is -0.320 e. The average molecular weight is 301 g/mol. The van der Waals surface area contributed by atoms with Crippen molar-refractivity contribution in [3.05, 3.63) is 70.3 Å². The Morgan fingerprint density at radius 1 is 0.952 bits per heavy atom. The number of alkyl halides is 3. The maximum atomic E-state index is 13.8. The molecule has 1 unspecified atom stereocenters. The molecule has 1 nitrogen and oxygen atoms in total. The molecule has 0 aliphatic rings. The maximum Gasteiger partial charge on any atom is 0.416 e. The van der Waals surface area contributed by atoms with Crippen LogP contribution in [0.1, 0.15) is 28.3 Å². The van der Waals surface area contributed by atoms with Crippen molar-refractivity contribution in [2.24, 2.45) is 5.73 Å². The molecule has 1 atom stereocenters. The highest BCUT2D eigenvalue weighted by atomic mass is 19.4. The van der Waals surface area contributed by atoms with Gasteiger partial charge in [-0.15, -0.1) is 0 Å². The van der Waals surface area contributed by atoms with Gasteiger partial charge in [0.2, 0.25) is 0 Å². The molecule has 0 aliphatic heterocycles. The van der Waals surface area contributed by atoms with Crippen molar-refractivity contribution in [1.82, 2.24) is 0 Å². The van der Waals surface area contributed by atoms with Crippen molar-refractivity contribution in [2.45, 2.75) is 19.1 Å². The zero-order chi connectivity index (χ0) is 15.8. The number of rotatable bonds is 2. The van der Waals surface area contributed by atoms with Gasteiger partial charge in [0.25, 0.3) is 0 Å². The normalized spacial score (nSPS) is 13.3. The topological polar surface area (TPSA) is 26.0 Å². The maximum absolute atomic E-state index is 13.8. The van der Waals surface area contributed by atoms with E-state index in [1.54, 1.807) is 6.92 Å². The third-order valence-electron chi connectivity index (χ3n) is 3.14. The molecular formula is C15H12F5N. The standard InChI is InChI=1S/C15H12F5N/c1-8-2-5-13(17)11(6-8)14(21)10-7-9(16)3-4-12(10)15(18,19)20/h2-7,14H,21H2,1H3. The Balaban J connectivity index is 2.60. The lowest BCUT2D eigenvalue weighted by molar-refractivity contribution is -0.138. The fourth-order valence-electron chi connectivity index (χ4n) is 2.12. The predicted octanol–water partition coefficient (Wildman–Crippen LogP) is 4.34. The predicted molar refractivity (Wildman–Crippen MR) is 68.6 cm³/mol. The molecule has 2 aromatic rings. The monoisotopic (exact) mass is 301 g/mol. The van der Waals surface area contributed by atoms with Gasteiger partial charge in [-0.2, -0.15) is 13.2 Å². The molecule has 0 saturated carbocycles. The molecule has 21 heavy (non-hydrogen) atoms. The molecule has 0 aromatic heterocycles. The van der Waals surface area contributed by atoms with Gasteiger partial charge >= 0.3 is 6.18 Å². The summed E-state index contributed by atoms with van der Waals surface area (Å²) in [5.41, 5.74) is 4.72. The molecule has 0 amide bonds. The first-order valence-corrected chi connectivity index (χ1v) is 6.08. The van der Waals surface area contributed by atoms with Gasteiger partial charge in [0.05, 0.1) is 11.6 Å². The van der Waals surface area contributed by atoms with Crippen LogP contribution in [0.25, 0.3) is 0 Å². The summed E-state index contributed by atoms with van der Waals surface area (Å²) in [4.78, 5) is 0. The number of hydrogen-bond acceptors (Lipinski definition) is 1. The average Bonchev–Trinajstić information content (AvgIpc) is 2.39. The van der Waals surface area contributed by atoms with Crippen molar-refractivity contribution < 1.29 is 22.0 Å². The second-order valence-electron chi connectivity index (χ2n) is 4.73. The molecule has 2 N–H and O–H groups in total. The Morgan fingerprint density at radius 2 is 1.62 bits per heavy atom. The molecule has 0 heterocycles. The van der Waals surface area contributed by atoms with Crippen LogP contribution in [-0.4, -0.2) is 0 Å². The van der Waals surface area contributed by atoms with E-state index >= 15 is 0 Å². The van der Waals surface area contributed by atoms with E-state index in [0.717, 1.165) is 6.07 Å². The molecule has 0 bridgehead atoms. The van der Waals surface area contributed by atoms with Crippen LogP contribution in [0.4, 0.5) is 22.0 Å². The molecule has 112 valence electrons. The van der Waals surface area contributed by atoms with Crippen LogP contribution in [0.15, 0.2) is 36.4 Å². The molecular weight excluding hydrogens is 289 g/mol. The smallest absolute Gasteiger partial charge is 0.320 e. The third-order valence-corrected chi connectivity index (χ3v) is 3.14. The Hall–Kier alpha value is -1.95. The van der Waals surface area contributed by atoms with Gasteiger partial charge < -0.3 is 5.73 Å². The van der Waals surface area contributed by atoms with E-state index in [9.17, 15) is 22.0 Å². The molecule has 0 aliphatic carbocycles. The summed E-state index contributed by atoms with van der Waals surface area (Å²) in [5, 5.41) is 0. The van der Waals surface area contributed by atoms with Crippen LogP contribution in [0.3, 0.4) is 0 Å². The summed E-state index contributed by atoms with van der Waals surface area (Å²) in [6.07, 6.45) is -4.69. The fraction of sp³-hybridized carbons (Fsp3) is 0.200. The van der Waals surface area contributed by atoms with E-state index in [2.05, 4.69) is 0 Å². The summed E-state index contributed by atoms with van der Waals surface area (Å²) in [5.74, 6) is -1.59. The molecule has 6 heteroatoms. The minimum atomic E-state index is -4.69. The second kappa shape index (κ2) is 5.44. The number of hydrogen-bond donors (Lipinski definition) is 1. The van der Waals surface area contributed by atoms with Crippen molar-refractivity contribution in [3.8, 4) is 0 Å². The van der Waals surface area contributed by atoms with Crippen molar-refractivity contribution in [2.75, 3.05) is 0 Å². The summed E-state index contributed by atoms with van der Waals surface area (Å²) >= 11 is 0. The van der Waals surface area contributed by atoms with E-state index in [-0.39, 0.29) is 5.56 Å². The lowest BCUT2D eigenvalue weighted by Gasteiger charge is -2.19. The van der Waals surface area contributed by atoms with Crippen LogP contribution in [0.2, 0.25) is 0 Å². The van der Waals surface area contributed by atoms with E-state index in [0.29, 0.717) is 23.8 Å². The van der Waals surface area contributed by atoms with Gasteiger partial charge in [-0.05, 0) is 36.8 Å². The van der Waals surface area contributed by atoms with Crippen LogP contribution in [-0.2, 0) is 6.18 Å². The first kappa shape index (κ1) is 15.4. The Bertz CT molecular complexity index is 664. The number of benzene rings is 2. The number of halogens is 5. The van der Waals surface area contributed by atoms with Gasteiger partial charge in [-0.25, -0.2) is 8.78 Å².